The lowest BCUT2D eigenvalue weighted by Gasteiger charge is -2.19. The van der Waals surface area contributed by atoms with Gasteiger partial charge in [-0.2, -0.15) is 13.2 Å². The summed E-state index contributed by atoms with van der Waals surface area (Å²) in [6.45, 7) is 0. The summed E-state index contributed by atoms with van der Waals surface area (Å²) in [6.07, 6.45) is 2.13. The van der Waals surface area contributed by atoms with E-state index in [1.54, 1.807) is 0 Å². The first-order chi connectivity index (χ1) is 9.00. The van der Waals surface area contributed by atoms with Crippen molar-refractivity contribution in [3.63, 3.8) is 0 Å². The highest BCUT2D eigenvalue weighted by atomic mass is 19.4. The summed E-state index contributed by atoms with van der Waals surface area (Å²) in [5.41, 5.74) is 2.50. The van der Waals surface area contributed by atoms with Gasteiger partial charge in [0, 0.05) is 6.20 Å². The van der Waals surface area contributed by atoms with Crippen LogP contribution in [0, 0.1) is 5.92 Å². The van der Waals surface area contributed by atoms with Crippen molar-refractivity contribution in [2.45, 2.75) is 44.3 Å². The topological polar surface area (TPSA) is 50.9 Å². The molecule has 1 aromatic rings. The molecule has 19 heavy (non-hydrogen) atoms. The van der Waals surface area contributed by atoms with Crippen LogP contribution in [0.25, 0.3) is 0 Å². The van der Waals surface area contributed by atoms with Crippen molar-refractivity contribution in [2.75, 3.05) is 0 Å². The second-order valence-electron chi connectivity index (χ2n) is 5.07. The molecule has 1 aliphatic carbocycles. The van der Waals surface area contributed by atoms with Gasteiger partial charge in [0.1, 0.15) is 0 Å². The molecule has 0 bridgehead atoms. The Morgan fingerprint density at radius 1 is 1.32 bits per heavy atom. The lowest BCUT2D eigenvalue weighted by atomic mass is 9.96. The lowest BCUT2D eigenvalue weighted by molar-refractivity contribution is -0.137. The number of nitrogens with two attached hydrogens (primary N) is 1. The molecule has 0 spiro atoms. The van der Waals surface area contributed by atoms with Crippen LogP contribution in [0.15, 0.2) is 18.3 Å². The van der Waals surface area contributed by atoms with E-state index < -0.39 is 11.7 Å². The van der Waals surface area contributed by atoms with E-state index in [1.807, 2.05) is 0 Å². The second kappa shape index (κ2) is 5.88. The summed E-state index contributed by atoms with van der Waals surface area (Å²) in [4.78, 5) is 3.90. The number of hydrogen-bond acceptors (Lipinski definition) is 3. The number of alkyl halides is 3. The van der Waals surface area contributed by atoms with Crippen LogP contribution in [-0.2, 0) is 6.18 Å². The predicted molar refractivity (Wildman–Crippen MR) is 65.9 cm³/mol. The second-order valence-corrected chi connectivity index (χ2v) is 5.07. The van der Waals surface area contributed by atoms with E-state index >= 15 is 0 Å². The molecule has 1 aromatic heterocycles. The molecule has 0 saturated heterocycles. The van der Waals surface area contributed by atoms with Gasteiger partial charge in [-0.25, -0.2) is 0 Å². The Kier molecular flexibility index (Phi) is 4.42. The number of nitrogens with zero attached hydrogens (tertiary/aromatic N) is 1. The number of halogens is 3. The quantitative estimate of drug-likeness (QED) is 0.654. The first-order valence-corrected chi connectivity index (χ1v) is 6.50. The standard InChI is InChI=1S/C13H18F3N3/c14-13(15,16)10-5-6-11(18-8-10)12(19-17)7-9-3-1-2-4-9/h5-6,8-9,12,19H,1-4,7,17H2. The Hall–Kier alpha value is -1.14. The normalized spacial score (nSPS) is 18.7. The molecule has 0 aliphatic heterocycles. The van der Waals surface area contributed by atoms with Crippen LogP contribution in [0.2, 0.25) is 0 Å². The first-order valence-electron chi connectivity index (χ1n) is 6.50. The summed E-state index contributed by atoms with van der Waals surface area (Å²) in [7, 11) is 0. The maximum atomic E-state index is 12.4. The van der Waals surface area contributed by atoms with E-state index in [-0.39, 0.29) is 6.04 Å². The van der Waals surface area contributed by atoms with Crippen molar-refractivity contribution in [2.24, 2.45) is 11.8 Å². The van der Waals surface area contributed by atoms with Gasteiger partial charge in [0.15, 0.2) is 0 Å². The van der Waals surface area contributed by atoms with Crippen LogP contribution in [0.5, 0.6) is 0 Å². The molecule has 1 heterocycles. The van der Waals surface area contributed by atoms with Crippen LogP contribution in [0.1, 0.15) is 49.4 Å². The summed E-state index contributed by atoms with van der Waals surface area (Å²) >= 11 is 0. The van der Waals surface area contributed by atoms with E-state index in [4.69, 9.17) is 5.84 Å². The largest absolute Gasteiger partial charge is 0.417 e. The highest BCUT2D eigenvalue weighted by Crippen LogP contribution is 2.33. The minimum absolute atomic E-state index is 0.176. The lowest BCUT2D eigenvalue weighted by Crippen LogP contribution is -2.30. The summed E-state index contributed by atoms with van der Waals surface area (Å²) in [6, 6.07) is 2.29. The van der Waals surface area contributed by atoms with Gasteiger partial charge in [0.2, 0.25) is 0 Å². The van der Waals surface area contributed by atoms with E-state index in [2.05, 4.69) is 10.4 Å². The zero-order chi connectivity index (χ0) is 13.9. The third kappa shape index (κ3) is 3.67. The van der Waals surface area contributed by atoms with E-state index in [0.29, 0.717) is 11.6 Å². The maximum Gasteiger partial charge on any atom is 0.417 e. The Labute approximate surface area is 110 Å². The average Bonchev–Trinajstić information content (AvgIpc) is 2.88. The third-order valence-corrected chi connectivity index (χ3v) is 3.72. The number of rotatable bonds is 4. The molecule has 3 N–H and O–H groups in total. The summed E-state index contributed by atoms with van der Waals surface area (Å²) in [5, 5.41) is 0. The molecule has 0 amide bonds. The fourth-order valence-corrected chi connectivity index (χ4v) is 2.63. The van der Waals surface area contributed by atoms with Crippen LogP contribution in [0.3, 0.4) is 0 Å². The van der Waals surface area contributed by atoms with Crippen molar-refractivity contribution in [1.29, 1.82) is 0 Å². The molecule has 0 aromatic carbocycles. The van der Waals surface area contributed by atoms with E-state index in [9.17, 15) is 13.2 Å². The third-order valence-electron chi connectivity index (χ3n) is 3.72. The zero-order valence-corrected chi connectivity index (χ0v) is 10.6. The minimum Gasteiger partial charge on any atom is -0.271 e. The van der Waals surface area contributed by atoms with Crippen molar-refractivity contribution in [1.82, 2.24) is 10.4 Å². The van der Waals surface area contributed by atoms with E-state index in [1.165, 1.54) is 31.7 Å². The number of nitrogens with one attached hydrogen (secondary N) is 1. The molecule has 1 fully saturated rings. The highest BCUT2D eigenvalue weighted by Gasteiger charge is 2.31. The first kappa shape index (κ1) is 14.3. The molecule has 1 saturated carbocycles. The molecule has 1 unspecified atom stereocenters. The van der Waals surface area contributed by atoms with Crippen molar-refractivity contribution in [3.8, 4) is 0 Å². The molecular formula is C13H18F3N3. The minimum atomic E-state index is -4.34. The van der Waals surface area contributed by atoms with Gasteiger partial charge >= 0.3 is 6.18 Å². The fourth-order valence-electron chi connectivity index (χ4n) is 2.63. The van der Waals surface area contributed by atoms with Gasteiger partial charge in [0.25, 0.3) is 0 Å². The molecule has 6 heteroatoms. The predicted octanol–water partition coefficient (Wildman–Crippen LogP) is 3.19. The Balaban J connectivity index is 2.05. The molecule has 0 radical (unpaired) electrons. The highest BCUT2D eigenvalue weighted by molar-refractivity contribution is 5.19. The van der Waals surface area contributed by atoms with Crippen LogP contribution in [-0.4, -0.2) is 4.98 Å². The Morgan fingerprint density at radius 3 is 2.47 bits per heavy atom. The van der Waals surface area contributed by atoms with Gasteiger partial charge in [-0.05, 0) is 24.5 Å². The van der Waals surface area contributed by atoms with E-state index in [0.717, 1.165) is 18.7 Å². The average molecular weight is 273 g/mol. The fraction of sp³-hybridized carbons (Fsp3) is 0.615. The smallest absolute Gasteiger partial charge is 0.271 e. The van der Waals surface area contributed by atoms with Crippen molar-refractivity contribution in [3.05, 3.63) is 29.6 Å². The zero-order valence-electron chi connectivity index (χ0n) is 10.6. The van der Waals surface area contributed by atoms with Gasteiger partial charge in [-0.3, -0.25) is 16.3 Å². The molecule has 2 rings (SSSR count). The van der Waals surface area contributed by atoms with Gasteiger partial charge in [0.05, 0.1) is 17.3 Å². The van der Waals surface area contributed by atoms with Gasteiger partial charge in [-0.1, -0.05) is 25.7 Å². The molecule has 1 atom stereocenters. The number of pyridine rings is 1. The van der Waals surface area contributed by atoms with Crippen molar-refractivity contribution >= 4 is 0 Å². The summed E-state index contributed by atoms with van der Waals surface area (Å²) < 4.78 is 37.3. The Morgan fingerprint density at radius 2 is 2.00 bits per heavy atom. The van der Waals surface area contributed by atoms with Gasteiger partial charge < -0.3 is 0 Å². The maximum absolute atomic E-state index is 12.4. The molecular weight excluding hydrogens is 255 g/mol. The number of hydrogen-bond donors (Lipinski definition) is 2. The monoisotopic (exact) mass is 273 g/mol. The molecule has 3 nitrogen and oxygen atoms in total. The van der Waals surface area contributed by atoms with Crippen LogP contribution < -0.4 is 11.3 Å². The Bertz CT molecular complexity index is 397. The van der Waals surface area contributed by atoms with Crippen molar-refractivity contribution < 1.29 is 13.2 Å². The van der Waals surface area contributed by atoms with Gasteiger partial charge in [-0.15, -0.1) is 0 Å². The van der Waals surface area contributed by atoms with Crippen LogP contribution in [0.4, 0.5) is 13.2 Å². The molecule has 106 valence electrons. The summed E-state index contributed by atoms with van der Waals surface area (Å²) in [5.74, 6) is 6.08. The number of hydrazine groups is 1. The SMILES string of the molecule is NNC(CC1CCCC1)c1ccc(C(F)(F)F)cn1. The number of aromatic nitrogens is 1. The van der Waals surface area contributed by atoms with Crippen LogP contribution >= 0.6 is 0 Å². The molecule has 1 aliphatic rings.